The molecule has 0 radical (unpaired) electrons. The van der Waals surface area contributed by atoms with Gasteiger partial charge in [-0.25, -0.2) is 0 Å². The molecule has 1 saturated heterocycles. The normalized spacial score (nSPS) is 17.6. The highest BCUT2D eigenvalue weighted by molar-refractivity contribution is 6.31. The monoisotopic (exact) mass is 505 g/mol. The second-order valence-corrected chi connectivity index (χ2v) is 8.72. The van der Waals surface area contributed by atoms with Crippen LogP contribution in [0.4, 0.5) is 5.69 Å². The molecule has 2 N–H and O–H groups in total. The van der Waals surface area contributed by atoms with Crippen LogP contribution in [0.3, 0.4) is 0 Å². The van der Waals surface area contributed by atoms with Gasteiger partial charge in [-0.2, -0.15) is 19.6 Å². The Balaban J connectivity index is 1.10. The van der Waals surface area contributed by atoms with E-state index in [2.05, 4.69) is 15.6 Å². The molecule has 1 amide bonds. The zero-order valence-electron chi connectivity index (χ0n) is 19.4. The fourth-order valence-electron chi connectivity index (χ4n) is 3.72. The summed E-state index contributed by atoms with van der Waals surface area (Å²) >= 11 is 6.04. The predicted octanol–water partition coefficient (Wildman–Crippen LogP) is 5.65. The van der Waals surface area contributed by atoms with Crippen LogP contribution in [-0.2, 0) is 19.6 Å². The van der Waals surface area contributed by atoms with Crippen LogP contribution in [0.1, 0.15) is 39.6 Å². The number of hydrogen-bond acceptors (Lipinski definition) is 7. The number of aromatic nitrogens is 1. The summed E-state index contributed by atoms with van der Waals surface area (Å²) in [4.78, 5) is 38.3. The molecule has 2 heterocycles. The molecule has 1 aliphatic heterocycles. The Kier molecular flexibility index (Phi) is 7.41. The predicted molar refractivity (Wildman–Crippen MR) is 135 cm³/mol. The molecule has 0 atom stereocenters. The summed E-state index contributed by atoms with van der Waals surface area (Å²) in [5.74, 6) is -0.188. The van der Waals surface area contributed by atoms with E-state index in [1.807, 2.05) is 55.5 Å². The third kappa shape index (κ3) is 5.64. The Labute approximate surface area is 213 Å². The van der Waals surface area contributed by atoms with Crippen molar-refractivity contribution < 1.29 is 24.3 Å². The van der Waals surface area contributed by atoms with E-state index in [1.165, 1.54) is 0 Å². The first-order valence-electron chi connectivity index (χ1n) is 11.4. The standard InChI is InChI=1S/C27H24ClN3O5/c1-17-2-4-19(5-3-17)26-33-35-27(36-34-26)20-8-6-18(7-9-20)25(32)31-15-14-30-23-12-13-29-24-16-21(28)10-11-22(23)24/h2-13,16,26-27H,14-15H2,1H3,(H,29,30)(H,31,32). The highest BCUT2D eigenvalue weighted by Crippen LogP contribution is 2.32. The summed E-state index contributed by atoms with van der Waals surface area (Å²) in [6, 6.07) is 22.0. The second kappa shape index (κ2) is 11.0. The Bertz CT molecular complexity index is 1340. The summed E-state index contributed by atoms with van der Waals surface area (Å²) in [5, 5.41) is 7.83. The molecule has 0 aliphatic carbocycles. The highest BCUT2D eigenvalue weighted by Gasteiger charge is 2.28. The van der Waals surface area contributed by atoms with Crippen molar-refractivity contribution in [2.45, 2.75) is 19.5 Å². The first kappa shape index (κ1) is 24.2. The average Bonchev–Trinajstić information content (AvgIpc) is 2.91. The molecule has 5 rings (SSSR count). The first-order valence-corrected chi connectivity index (χ1v) is 11.8. The van der Waals surface area contributed by atoms with Gasteiger partial charge in [0.15, 0.2) is 0 Å². The maximum atomic E-state index is 12.5. The lowest BCUT2D eigenvalue weighted by atomic mass is 10.1. The Morgan fingerprint density at radius 1 is 0.861 bits per heavy atom. The number of halogens is 1. The van der Waals surface area contributed by atoms with Crippen molar-refractivity contribution in [3.63, 3.8) is 0 Å². The molecule has 4 aromatic rings. The van der Waals surface area contributed by atoms with Gasteiger partial charge in [0.1, 0.15) is 0 Å². The van der Waals surface area contributed by atoms with Gasteiger partial charge in [-0.05, 0) is 43.3 Å². The number of rotatable bonds is 7. The van der Waals surface area contributed by atoms with Gasteiger partial charge in [0.2, 0.25) is 12.6 Å². The molecule has 8 nitrogen and oxygen atoms in total. The zero-order chi connectivity index (χ0) is 24.9. The van der Waals surface area contributed by atoms with Gasteiger partial charge in [0.05, 0.1) is 5.52 Å². The number of carbonyl (C=O) groups is 1. The number of hydrogen-bond donors (Lipinski definition) is 2. The molecule has 1 aliphatic rings. The van der Waals surface area contributed by atoms with Crippen molar-refractivity contribution in [2.24, 2.45) is 0 Å². The SMILES string of the molecule is Cc1ccc(C2OOC(c3ccc(C(=O)NCCNc4ccnc5cc(Cl)ccc45)cc3)OO2)cc1. The molecule has 1 fully saturated rings. The lowest BCUT2D eigenvalue weighted by Crippen LogP contribution is -2.28. The van der Waals surface area contributed by atoms with Crippen LogP contribution in [0.15, 0.2) is 79.0 Å². The number of anilines is 1. The Morgan fingerprint density at radius 2 is 1.50 bits per heavy atom. The van der Waals surface area contributed by atoms with E-state index in [0.29, 0.717) is 29.2 Å². The molecule has 9 heteroatoms. The van der Waals surface area contributed by atoms with Crippen LogP contribution < -0.4 is 10.6 Å². The van der Waals surface area contributed by atoms with Gasteiger partial charge in [-0.15, -0.1) is 0 Å². The van der Waals surface area contributed by atoms with E-state index >= 15 is 0 Å². The maximum Gasteiger partial charge on any atom is 0.251 e. The van der Waals surface area contributed by atoms with Crippen LogP contribution in [0.5, 0.6) is 0 Å². The van der Waals surface area contributed by atoms with Crippen LogP contribution in [0.2, 0.25) is 5.02 Å². The van der Waals surface area contributed by atoms with E-state index in [9.17, 15) is 4.79 Å². The fraction of sp³-hybridized carbons (Fsp3) is 0.185. The molecule has 0 saturated carbocycles. The summed E-state index contributed by atoms with van der Waals surface area (Å²) in [6.45, 7) is 2.98. The smallest absolute Gasteiger partial charge is 0.251 e. The van der Waals surface area contributed by atoms with Gasteiger partial charge in [0.25, 0.3) is 5.91 Å². The minimum Gasteiger partial charge on any atom is -0.383 e. The number of fused-ring (bicyclic) bond motifs is 1. The number of nitrogens with zero attached hydrogens (tertiary/aromatic N) is 1. The molecule has 184 valence electrons. The zero-order valence-corrected chi connectivity index (χ0v) is 20.2. The quantitative estimate of drug-likeness (QED) is 0.248. The molecule has 0 bridgehead atoms. The van der Waals surface area contributed by atoms with Crippen LogP contribution in [-0.4, -0.2) is 24.0 Å². The third-order valence-corrected chi connectivity index (χ3v) is 5.92. The van der Waals surface area contributed by atoms with E-state index < -0.39 is 12.6 Å². The number of amides is 1. The van der Waals surface area contributed by atoms with E-state index in [1.54, 1.807) is 30.5 Å². The third-order valence-electron chi connectivity index (χ3n) is 5.69. The lowest BCUT2D eigenvalue weighted by Gasteiger charge is -2.27. The minimum atomic E-state index is -0.863. The summed E-state index contributed by atoms with van der Waals surface area (Å²) in [5.41, 5.74) is 4.81. The van der Waals surface area contributed by atoms with E-state index in [4.69, 9.17) is 31.2 Å². The summed E-state index contributed by atoms with van der Waals surface area (Å²) in [7, 11) is 0. The molecule has 1 aromatic heterocycles. The molecule has 36 heavy (non-hydrogen) atoms. The molecular formula is C27H24ClN3O5. The Hall–Kier alpha value is -3.53. The van der Waals surface area contributed by atoms with Crippen molar-refractivity contribution in [3.8, 4) is 0 Å². The van der Waals surface area contributed by atoms with Crippen LogP contribution >= 0.6 is 11.6 Å². The highest BCUT2D eigenvalue weighted by atomic mass is 35.5. The molecule has 0 unspecified atom stereocenters. The van der Waals surface area contributed by atoms with Crippen molar-refractivity contribution in [1.29, 1.82) is 0 Å². The van der Waals surface area contributed by atoms with Gasteiger partial charge < -0.3 is 10.6 Å². The van der Waals surface area contributed by atoms with Gasteiger partial charge >= 0.3 is 0 Å². The number of benzene rings is 3. The topological polar surface area (TPSA) is 90.9 Å². The van der Waals surface area contributed by atoms with Crippen molar-refractivity contribution >= 4 is 34.1 Å². The minimum absolute atomic E-state index is 0.188. The van der Waals surface area contributed by atoms with Crippen molar-refractivity contribution in [3.05, 3.63) is 106 Å². The van der Waals surface area contributed by atoms with E-state index in [0.717, 1.165) is 27.7 Å². The lowest BCUT2D eigenvalue weighted by molar-refractivity contribution is -0.600. The molecule has 3 aromatic carbocycles. The maximum absolute atomic E-state index is 12.5. The average molecular weight is 506 g/mol. The van der Waals surface area contributed by atoms with E-state index in [-0.39, 0.29) is 5.91 Å². The molecular weight excluding hydrogens is 482 g/mol. The molecule has 0 spiro atoms. The number of aryl methyl sites for hydroxylation is 1. The van der Waals surface area contributed by atoms with Crippen LogP contribution in [0, 0.1) is 6.92 Å². The Morgan fingerprint density at radius 3 is 2.17 bits per heavy atom. The number of nitrogens with one attached hydrogen (secondary N) is 2. The largest absolute Gasteiger partial charge is 0.383 e. The van der Waals surface area contributed by atoms with Gasteiger partial charge in [0, 0.05) is 52.1 Å². The van der Waals surface area contributed by atoms with Gasteiger partial charge in [-0.3, -0.25) is 9.78 Å². The van der Waals surface area contributed by atoms with Crippen molar-refractivity contribution in [2.75, 3.05) is 18.4 Å². The first-order chi connectivity index (χ1) is 17.6. The van der Waals surface area contributed by atoms with Crippen LogP contribution in [0.25, 0.3) is 10.9 Å². The number of carbonyl (C=O) groups excluding carboxylic acids is 1. The fourth-order valence-corrected chi connectivity index (χ4v) is 3.89. The second-order valence-electron chi connectivity index (χ2n) is 8.28. The van der Waals surface area contributed by atoms with Crippen molar-refractivity contribution in [1.82, 2.24) is 10.3 Å². The van der Waals surface area contributed by atoms with Gasteiger partial charge in [-0.1, -0.05) is 53.6 Å². The summed E-state index contributed by atoms with van der Waals surface area (Å²) < 4.78 is 0. The summed E-state index contributed by atoms with van der Waals surface area (Å²) in [6.07, 6.45) is 0.0844. The number of pyridine rings is 1.